The van der Waals surface area contributed by atoms with E-state index in [0.29, 0.717) is 28.3 Å². The van der Waals surface area contributed by atoms with Gasteiger partial charge in [-0.1, -0.05) is 0 Å². The largest absolute Gasteiger partial charge is 0.497 e. The highest BCUT2D eigenvalue weighted by molar-refractivity contribution is 7.17. The number of furan rings is 1. The SMILES string of the molecule is COc1ccc(C[NH+](C)Cc2nc3scc(-c4ccco4)c3c(=O)[nH]2)c(OC)c1. The lowest BCUT2D eigenvalue weighted by molar-refractivity contribution is -0.908. The molecule has 0 amide bonds. The number of hydrogen-bond donors (Lipinski definition) is 2. The predicted molar refractivity (Wildman–Crippen MR) is 112 cm³/mol. The molecule has 150 valence electrons. The molecule has 4 rings (SSSR count). The van der Waals surface area contributed by atoms with Crippen LogP contribution in [0.3, 0.4) is 0 Å². The number of thiophene rings is 1. The fourth-order valence-corrected chi connectivity index (χ4v) is 4.31. The van der Waals surface area contributed by atoms with Crippen LogP contribution >= 0.6 is 11.3 Å². The number of nitrogens with one attached hydrogen (secondary N) is 2. The van der Waals surface area contributed by atoms with E-state index in [1.54, 1.807) is 26.5 Å². The standard InChI is InChI=1S/C21H21N3O4S/c1-24(10-13-6-7-14(26-2)9-17(13)27-3)11-18-22-20(25)19-15(12-29-21(19)23-18)16-5-4-8-28-16/h4-9,12H,10-11H2,1-3H3,(H,22,23,25)/p+1. The molecule has 2 N–H and O–H groups in total. The lowest BCUT2D eigenvalue weighted by Gasteiger charge is -2.16. The van der Waals surface area contributed by atoms with Gasteiger partial charge in [-0.15, -0.1) is 11.3 Å². The molecule has 0 aliphatic rings. The summed E-state index contributed by atoms with van der Waals surface area (Å²) in [6.45, 7) is 1.30. The molecule has 0 fully saturated rings. The van der Waals surface area contributed by atoms with Gasteiger partial charge < -0.3 is 23.8 Å². The average Bonchev–Trinajstić information content (AvgIpc) is 3.37. The quantitative estimate of drug-likeness (QED) is 0.487. The zero-order valence-corrected chi connectivity index (χ0v) is 17.3. The van der Waals surface area contributed by atoms with E-state index < -0.39 is 0 Å². The molecule has 29 heavy (non-hydrogen) atoms. The normalized spacial score (nSPS) is 12.2. The third kappa shape index (κ3) is 3.90. The number of quaternary nitrogens is 1. The lowest BCUT2D eigenvalue weighted by Crippen LogP contribution is -3.06. The number of ether oxygens (including phenoxy) is 2. The Morgan fingerprint density at radius 2 is 2.07 bits per heavy atom. The topological polar surface area (TPSA) is 81.8 Å². The summed E-state index contributed by atoms with van der Waals surface area (Å²) >= 11 is 1.45. The van der Waals surface area contributed by atoms with Gasteiger partial charge in [0, 0.05) is 22.6 Å². The number of hydrogen-bond acceptors (Lipinski definition) is 6. The van der Waals surface area contributed by atoms with Crippen LogP contribution in [-0.4, -0.2) is 31.2 Å². The van der Waals surface area contributed by atoms with Crippen molar-refractivity contribution < 1.29 is 18.8 Å². The van der Waals surface area contributed by atoms with E-state index >= 15 is 0 Å². The van der Waals surface area contributed by atoms with Crippen molar-refractivity contribution in [2.24, 2.45) is 0 Å². The number of nitrogens with zero attached hydrogens (tertiary/aromatic N) is 1. The zero-order valence-electron chi connectivity index (χ0n) is 16.4. The van der Waals surface area contributed by atoms with E-state index in [1.807, 2.05) is 29.6 Å². The zero-order chi connectivity index (χ0) is 20.4. The first kappa shape index (κ1) is 19.2. The van der Waals surface area contributed by atoms with Crippen molar-refractivity contribution in [3.63, 3.8) is 0 Å². The van der Waals surface area contributed by atoms with Crippen LogP contribution in [0.4, 0.5) is 0 Å². The molecule has 0 spiro atoms. The first-order chi connectivity index (χ1) is 14.1. The monoisotopic (exact) mass is 412 g/mol. The molecule has 0 saturated carbocycles. The molecule has 0 aliphatic carbocycles. The van der Waals surface area contributed by atoms with Gasteiger partial charge in [0.1, 0.15) is 35.2 Å². The Morgan fingerprint density at radius 1 is 1.21 bits per heavy atom. The van der Waals surface area contributed by atoms with Crippen molar-refractivity contribution in [2.75, 3.05) is 21.3 Å². The molecule has 8 heteroatoms. The summed E-state index contributed by atoms with van der Waals surface area (Å²) in [5.41, 5.74) is 1.69. The summed E-state index contributed by atoms with van der Waals surface area (Å²) in [7, 11) is 5.33. The number of H-pyrrole nitrogens is 1. The molecule has 1 atom stereocenters. The van der Waals surface area contributed by atoms with Crippen LogP contribution in [0.25, 0.3) is 21.5 Å². The molecule has 3 aromatic heterocycles. The Kier molecular flexibility index (Phi) is 5.37. The summed E-state index contributed by atoms with van der Waals surface area (Å²) in [4.78, 5) is 22.2. The molecule has 0 bridgehead atoms. The molecular weight excluding hydrogens is 390 g/mol. The van der Waals surface area contributed by atoms with Gasteiger partial charge in [-0.3, -0.25) is 4.79 Å². The lowest BCUT2D eigenvalue weighted by atomic mass is 10.1. The minimum atomic E-state index is -0.146. The fraction of sp³-hybridized carbons (Fsp3) is 0.238. The summed E-state index contributed by atoms with van der Waals surface area (Å²) in [5, 5.41) is 2.48. The van der Waals surface area contributed by atoms with Gasteiger partial charge in [-0.2, -0.15) is 0 Å². The van der Waals surface area contributed by atoms with Crippen LogP contribution in [0.1, 0.15) is 11.4 Å². The van der Waals surface area contributed by atoms with Crippen molar-refractivity contribution in [1.29, 1.82) is 0 Å². The molecule has 1 aromatic carbocycles. The number of rotatable bonds is 7. The van der Waals surface area contributed by atoms with Crippen molar-refractivity contribution in [2.45, 2.75) is 13.1 Å². The van der Waals surface area contributed by atoms with Gasteiger partial charge in [0.05, 0.1) is 32.9 Å². The van der Waals surface area contributed by atoms with E-state index in [1.165, 1.54) is 16.2 Å². The van der Waals surface area contributed by atoms with Crippen LogP contribution in [0, 0.1) is 0 Å². The maximum Gasteiger partial charge on any atom is 0.260 e. The summed E-state index contributed by atoms with van der Waals surface area (Å²) in [6.07, 6.45) is 1.60. The highest BCUT2D eigenvalue weighted by Crippen LogP contribution is 2.30. The van der Waals surface area contributed by atoms with Crippen LogP contribution in [0.5, 0.6) is 11.5 Å². The van der Waals surface area contributed by atoms with Crippen molar-refractivity contribution in [1.82, 2.24) is 9.97 Å². The molecule has 0 radical (unpaired) electrons. The second-order valence-electron chi connectivity index (χ2n) is 6.81. The number of aromatic amines is 1. The Balaban J connectivity index is 1.56. The van der Waals surface area contributed by atoms with Crippen LogP contribution in [0.15, 0.2) is 51.2 Å². The number of aromatic nitrogens is 2. The van der Waals surface area contributed by atoms with E-state index in [0.717, 1.165) is 29.2 Å². The van der Waals surface area contributed by atoms with Crippen molar-refractivity contribution >= 4 is 21.6 Å². The second kappa shape index (κ2) is 8.10. The van der Waals surface area contributed by atoms with Gasteiger partial charge in [0.15, 0.2) is 5.82 Å². The molecule has 1 unspecified atom stereocenters. The maximum atomic E-state index is 12.7. The van der Waals surface area contributed by atoms with Gasteiger partial charge >= 0.3 is 0 Å². The minimum Gasteiger partial charge on any atom is -0.497 e. The Bertz CT molecular complexity index is 1180. The van der Waals surface area contributed by atoms with Gasteiger partial charge in [-0.25, -0.2) is 4.98 Å². The summed E-state index contributed by atoms with van der Waals surface area (Å²) < 4.78 is 16.2. The van der Waals surface area contributed by atoms with Crippen LogP contribution < -0.4 is 19.9 Å². The third-order valence-electron chi connectivity index (χ3n) is 4.74. The van der Waals surface area contributed by atoms with E-state index in [2.05, 4.69) is 17.0 Å². The highest BCUT2D eigenvalue weighted by Gasteiger charge is 2.17. The number of fused-ring (bicyclic) bond motifs is 1. The van der Waals surface area contributed by atoms with Gasteiger partial charge in [0.2, 0.25) is 0 Å². The van der Waals surface area contributed by atoms with E-state index in [-0.39, 0.29) is 5.56 Å². The molecule has 0 saturated heterocycles. The first-order valence-corrected chi connectivity index (χ1v) is 10.0. The van der Waals surface area contributed by atoms with E-state index in [4.69, 9.17) is 13.9 Å². The first-order valence-electron chi connectivity index (χ1n) is 9.15. The number of benzene rings is 1. The van der Waals surface area contributed by atoms with Crippen LogP contribution in [-0.2, 0) is 13.1 Å². The van der Waals surface area contributed by atoms with Crippen molar-refractivity contribution in [3.05, 3.63) is 63.7 Å². The Hall–Kier alpha value is -3.10. The fourth-order valence-electron chi connectivity index (χ4n) is 3.36. The molecule has 3 heterocycles. The van der Waals surface area contributed by atoms with Crippen LogP contribution in [0.2, 0.25) is 0 Å². The smallest absolute Gasteiger partial charge is 0.260 e. The van der Waals surface area contributed by atoms with Crippen molar-refractivity contribution in [3.8, 4) is 22.8 Å². The van der Waals surface area contributed by atoms with E-state index in [9.17, 15) is 4.79 Å². The molecule has 0 aliphatic heterocycles. The minimum absolute atomic E-state index is 0.146. The Morgan fingerprint density at radius 3 is 2.79 bits per heavy atom. The maximum absolute atomic E-state index is 12.7. The molecule has 7 nitrogen and oxygen atoms in total. The number of methoxy groups -OCH3 is 2. The summed E-state index contributed by atoms with van der Waals surface area (Å²) in [6, 6.07) is 9.43. The second-order valence-corrected chi connectivity index (χ2v) is 7.67. The summed E-state index contributed by atoms with van der Waals surface area (Å²) in [5.74, 6) is 2.86. The highest BCUT2D eigenvalue weighted by atomic mass is 32.1. The average molecular weight is 412 g/mol. The molecule has 4 aromatic rings. The Labute approximate surface area is 171 Å². The van der Waals surface area contributed by atoms with Gasteiger partial charge in [0.25, 0.3) is 5.56 Å². The third-order valence-corrected chi connectivity index (χ3v) is 5.61. The predicted octanol–water partition coefficient (Wildman–Crippen LogP) is 2.48. The van der Waals surface area contributed by atoms with Gasteiger partial charge in [-0.05, 0) is 24.3 Å². The molecular formula is C21H22N3O4S+.